The van der Waals surface area contributed by atoms with Gasteiger partial charge in [-0.2, -0.15) is 0 Å². The Labute approximate surface area is 152 Å². The maximum atomic E-state index is 12.3. The van der Waals surface area contributed by atoms with Crippen molar-refractivity contribution in [3.63, 3.8) is 0 Å². The van der Waals surface area contributed by atoms with Gasteiger partial charge < -0.3 is 10.1 Å². The third kappa shape index (κ3) is 4.24. The highest BCUT2D eigenvalue weighted by Gasteiger charge is 2.11. The van der Waals surface area contributed by atoms with Crippen molar-refractivity contribution in [2.24, 2.45) is 0 Å². The molecule has 0 fully saturated rings. The number of ether oxygens (including phenoxy) is 1. The maximum Gasteiger partial charge on any atom is 0.262 e. The first-order valence-corrected chi connectivity index (χ1v) is 8.52. The maximum absolute atomic E-state index is 12.3. The second kappa shape index (κ2) is 8.24. The molecule has 0 aliphatic rings. The zero-order chi connectivity index (χ0) is 18.4. The van der Waals surface area contributed by atoms with Crippen molar-refractivity contribution in [3.8, 4) is 11.4 Å². The van der Waals surface area contributed by atoms with E-state index in [1.165, 1.54) is 11.0 Å². The first-order chi connectivity index (χ1) is 12.7. The zero-order valence-corrected chi connectivity index (χ0v) is 14.8. The van der Waals surface area contributed by atoms with Crippen LogP contribution in [0.2, 0.25) is 0 Å². The molecule has 0 saturated carbocycles. The molecule has 1 atom stereocenters. The van der Waals surface area contributed by atoms with E-state index in [-0.39, 0.29) is 12.5 Å². The Morgan fingerprint density at radius 3 is 2.85 bits per heavy atom. The standard InChI is InChI=1S/C19H21N5O2/c1-3-14(2)17-9-4-5-10-18(17)26-12-19(25)21-15-7-6-8-16(11-15)24-13-20-22-23-24/h4-11,13-14H,3,12H2,1-2H3,(H,21,25)/t14-/m1/s1. The average Bonchev–Trinajstić information content (AvgIpc) is 3.21. The van der Waals surface area contributed by atoms with Crippen molar-refractivity contribution in [1.29, 1.82) is 0 Å². The Morgan fingerprint density at radius 2 is 2.08 bits per heavy atom. The molecule has 1 aromatic heterocycles. The minimum atomic E-state index is -0.224. The lowest BCUT2D eigenvalue weighted by Gasteiger charge is -2.15. The molecular formula is C19H21N5O2. The quantitative estimate of drug-likeness (QED) is 0.707. The van der Waals surface area contributed by atoms with E-state index in [0.29, 0.717) is 11.6 Å². The van der Waals surface area contributed by atoms with Gasteiger partial charge >= 0.3 is 0 Å². The molecule has 3 rings (SSSR count). The number of nitrogens with one attached hydrogen (secondary N) is 1. The van der Waals surface area contributed by atoms with Crippen molar-refractivity contribution in [2.45, 2.75) is 26.2 Å². The highest BCUT2D eigenvalue weighted by molar-refractivity contribution is 5.92. The Morgan fingerprint density at radius 1 is 1.23 bits per heavy atom. The highest BCUT2D eigenvalue weighted by Crippen LogP contribution is 2.28. The number of rotatable bonds is 7. The molecule has 1 amide bonds. The van der Waals surface area contributed by atoms with Crippen LogP contribution in [0, 0.1) is 0 Å². The fraction of sp³-hybridized carbons (Fsp3) is 0.263. The summed E-state index contributed by atoms with van der Waals surface area (Å²) < 4.78 is 7.27. The van der Waals surface area contributed by atoms with E-state index in [9.17, 15) is 4.79 Å². The van der Waals surface area contributed by atoms with E-state index in [2.05, 4.69) is 34.7 Å². The largest absolute Gasteiger partial charge is 0.483 e. The van der Waals surface area contributed by atoms with Crippen LogP contribution in [0.4, 0.5) is 5.69 Å². The van der Waals surface area contributed by atoms with Crippen molar-refractivity contribution >= 4 is 11.6 Å². The first-order valence-electron chi connectivity index (χ1n) is 8.52. The smallest absolute Gasteiger partial charge is 0.262 e. The summed E-state index contributed by atoms with van der Waals surface area (Å²) in [4.78, 5) is 12.3. The minimum absolute atomic E-state index is 0.0530. The molecule has 2 aromatic carbocycles. The molecule has 0 spiro atoms. The first kappa shape index (κ1) is 17.6. The van der Waals surface area contributed by atoms with Gasteiger partial charge in [0.25, 0.3) is 5.91 Å². The van der Waals surface area contributed by atoms with Crippen LogP contribution in [0.15, 0.2) is 54.9 Å². The fourth-order valence-corrected chi connectivity index (χ4v) is 2.59. The summed E-state index contributed by atoms with van der Waals surface area (Å²) in [5.41, 5.74) is 2.53. The number of hydrogen-bond acceptors (Lipinski definition) is 5. The van der Waals surface area contributed by atoms with E-state index in [4.69, 9.17) is 4.74 Å². The number of carbonyl (C=O) groups is 1. The van der Waals surface area contributed by atoms with Gasteiger partial charge in [0.05, 0.1) is 5.69 Å². The van der Waals surface area contributed by atoms with Gasteiger partial charge in [-0.1, -0.05) is 38.1 Å². The van der Waals surface area contributed by atoms with Gasteiger partial charge in [0.15, 0.2) is 6.61 Å². The van der Waals surface area contributed by atoms with Gasteiger partial charge in [0.2, 0.25) is 0 Å². The van der Waals surface area contributed by atoms with Gasteiger partial charge in [-0.25, -0.2) is 4.68 Å². The Hall–Kier alpha value is -3.22. The third-order valence-electron chi connectivity index (χ3n) is 4.16. The lowest BCUT2D eigenvalue weighted by atomic mass is 9.98. The van der Waals surface area contributed by atoms with E-state index < -0.39 is 0 Å². The number of anilines is 1. The molecule has 3 aromatic rings. The topological polar surface area (TPSA) is 81.9 Å². The summed E-state index contributed by atoms with van der Waals surface area (Å²) in [6, 6.07) is 15.1. The van der Waals surface area contributed by atoms with E-state index in [1.807, 2.05) is 36.4 Å². The molecular weight excluding hydrogens is 330 g/mol. The van der Waals surface area contributed by atoms with E-state index in [1.54, 1.807) is 12.1 Å². The lowest BCUT2D eigenvalue weighted by molar-refractivity contribution is -0.118. The average molecular weight is 351 g/mol. The Balaban J connectivity index is 1.63. The number of carbonyl (C=O) groups excluding carboxylic acids is 1. The predicted octanol–water partition coefficient (Wildman–Crippen LogP) is 3.19. The zero-order valence-electron chi connectivity index (χ0n) is 14.8. The third-order valence-corrected chi connectivity index (χ3v) is 4.16. The van der Waals surface area contributed by atoms with Crippen LogP contribution in [-0.2, 0) is 4.79 Å². The van der Waals surface area contributed by atoms with Crippen LogP contribution in [-0.4, -0.2) is 32.7 Å². The second-order valence-electron chi connectivity index (χ2n) is 5.99. The summed E-state index contributed by atoms with van der Waals surface area (Å²) >= 11 is 0. The number of benzene rings is 2. The molecule has 0 unspecified atom stereocenters. The molecule has 26 heavy (non-hydrogen) atoms. The fourth-order valence-electron chi connectivity index (χ4n) is 2.59. The van der Waals surface area contributed by atoms with Crippen LogP contribution in [0.25, 0.3) is 5.69 Å². The monoisotopic (exact) mass is 351 g/mol. The number of nitrogens with zero attached hydrogens (tertiary/aromatic N) is 4. The molecule has 7 nitrogen and oxygen atoms in total. The van der Waals surface area contributed by atoms with Gasteiger partial charge in [-0.05, 0) is 52.6 Å². The van der Waals surface area contributed by atoms with Crippen LogP contribution < -0.4 is 10.1 Å². The second-order valence-corrected chi connectivity index (χ2v) is 5.99. The van der Waals surface area contributed by atoms with E-state index >= 15 is 0 Å². The van der Waals surface area contributed by atoms with Gasteiger partial charge in [-0.15, -0.1) is 5.10 Å². The van der Waals surface area contributed by atoms with Gasteiger partial charge in [0.1, 0.15) is 12.1 Å². The molecule has 1 heterocycles. The normalized spacial score (nSPS) is 11.8. The lowest BCUT2D eigenvalue weighted by Crippen LogP contribution is -2.20. The molecule has 0 aliphatic carbocycles. The van der Waals surface area contributed by atoms with Crippen LogP contribution in [0.1, 0.15) is 31.7 Å². The van der Waals surface area contributed by atoms with Crippen molar-refractivity contribution in [2.75, 3.05) is 11.9 Å². The summed E-state index contributed by atoms with van der Waals surface area (Å²) in [5, 5.41) is 13.9. The summed E-state index contributed by atoms with van der Waals surface area (Å²) in [6.07, 6.45) is 2.51. The molecule has 0 aliphatic heterocycles. The summed E-state index contributed by atoms with van der Waals surface area (Å²) in [6.45, 7) is 4.22. The van der Waals surface area contributed by atoms with Gasteiger partial charge in [0, 0.05) is 5.69 Å². The highest BCUT2D eigenvalue weighted by atomic mass is 16.5. The number of amides is 1. The van der Waals surface area contributed by atoms with E-state index in [0.717, 1.165) is 23.4 Å². The Bertz CT molecular complexity index is 864. The number of hydrogen-bond donors (Lipinski definition) is 1. The molecule has 1 N–H and O–H groups in total. The van der Waals surface area contributed by atoms with Crippen LogP contribution in [0.5, 0.6) is 5.75 Å². The van der Waals surface area contributed by atoms with Gasteiger partial charge in [-0.3, -0.25) is 4.79 Å². The molecule has 0 saturated heterocycles. The number of para-hydroxylation sites is 1. The van der Waals surface area contributed by atoms with Crippen LogP contribution in [0.3, 0.4) is 0 Å². The molecule has 134 valence electrons. The summed E-state index contributed by atoms with van der Waals surface area (Å²) in [7, 11) is 0. The predicted molar refractivity (Wildman–Crippen MR) is 98.4 cm³/mol. The SMILES string of the molecule is CC[C@@H](C)c1ccccc1OCC(=O)Nc1cccc(-n2cnnn2)c1. The number of aromatic nitrogens is 4. The van der Waals surface area contributed by atoms with Crippen molar-refractivity contribution in [1.82, 2.24) is 20.2 Å². The minimum Gasteiger partial charge on any atom is -0.483 e. The molecule has 7 heteroatoms. The van der Waals surface area contributed by atoms with Crippen LogP contribution >= 0.6 is 0 Å². The Kier molecular flexibility index (Phi) is 5.58. The molecule has 0 bridgehead atoms. The molecule has 0 radical (unpaired) electrons. The number of tetrazole rings is 1. The summed E-state index contributed by atoms with van der Waals surface area (Å²) in [5.74, 6) is 0.902. The van der Waals surface area contributed by atoms with Crippen molar-refractivity contribution < 1.29 is 9.53 Å². The van der Waals surface area contributed by atoms with Crippen molar-refractivity contribution in [3.05, 3.63) is 60.4 Å².